The van der Waals surface area contributed by atoms with E-state index in [1.165, 1.54) is 0 Å². The van der Waals surface area contributed by atoms with Crippen molar-refractivity contribution in [1.82, 2.24) is 0 Å². The Morgan fingerprint density at radius 2 is 1.40 bits per heavy atom. The predicted molar refractivity (Wildman–Crippen MR) is 75.6 cm³/mol. The molecule has 2 atom stereocenters. The number of aliphatic carboxylic acids is 1. The van der Waals surface area contributed by atoms with E-state index in [1.807, 2.05) is 0 Å². The SMILES string of the molecule is NC(C(=O)O)C(C(=O)c1ccccc1)c1ccccc1. The normalized spacial score (nSPS) is 13.4. The van der Waals surface area contributed by atoms with E-state index in [0.717, 1.165) is 0 Å². The largest absolute Gasteiger partial charge is 0.480 e. The Morgan fingerprint density at radius 3 is 1.90 bits per heavy atom. The molecule has 0 heterocycles. The summed E-state index contributed by atoms with van der Waals surface area (Å²) in [5.74, 6) is -2.37. The molecule has 2 unspecified atom stereocenters. The third-order valence-electron chi connectivity index (χ3n) is 3.14. The second kappa shape index (κ2) is 6.12. The lowest BCUT2D eigenvalue weighted by molar-refractivity contribution is -0.138. The van der Waals surface area contributed by atoms with Crippen molar-refractivity contribution in [3.05, 3.63) is 71.8 Å². The number of carbonyl (C=O) groups excluding carboxylic acids is 1. The lowest BCUT2D eigenvalue weighted by atomic mass is 9.85. The van der Waals surface area contributed by atoms with Crippen LogP contribution in [0.1, 0.15) is 21.8 Å². The summed E-state index contributed by atoms with van der Waals surface area (Å²) in [7, 11) is 0. The van der Waals surface area contributed by atoms with Crippen molar-refractivity contribution in [2.45, 2.75) is 12.0 Å². The first-order chi connectivity index (χ1) is 9.61. The zero-order chi connectivity index (χ0) is 14.5. The first kappa shape index (κ1) is 14.0. The van der Waals surface area contributed by atoms with E-state index in [2.05, 4.69) is 0 Å². The van der Waals surface area contributed by atoms with Gasteiger partial charge in [-0.1, -0.05) is 60.7 Å². The van der Waals surface area contributed by atoms with Gasteiger partial charge in [0.15, 0.2) is 5.78 Å². The maximum absolute atomic E-state index is 12.5. The minimum absolute atomic E-state index is 0.285. The van der Waals surface area contributed by atoms with Gasteiger partial charge in [0.1, 0.15) is 6.04 Å². The van der Waals surface area contributed by atoms with Gasteiger partial charge in [-0.05, 0) is 5.56 Å². The van der Waals surface area contributed by atoms with Gasteiger partial charge in [0.2, 0.25) is 0 Å². The highest BCUT2D eigenvalue weighted by Gasteiger charge is 2.32. The fourth-order valence-electron chi connectivity index (χ4n) is 2.11. The van der Waals surface area contributed by atoms with Gasteiger partial charge in [-0.3, -0.25) is 9.59 Å². The summed E-state index contributed by atoms with van der Waals surface area (Å²) in [5.41, 5.74) is 6.77. The number of nitrogens with two attached hydrogens (primary N) is 1. The van der Waals surface area contributed by atoms with E-state index in [-0.39, 0.29) is 5.78 Å². The molecular formula is C16H15NO3. The van der Waals surface area contributed by atoms with Gasteiger partial charge < -0.3 is 10.8 Å². The van der Waals surface area contributed by atoms with Crippen LogP contribution < -0.4 is 5.73 Å². The smallest absolute Gasteiger partial charge is 0.321 e. The van der Waals surface area contributed by atoms with Crippen LogP contribution in [0.5, 0.6) is 0 Å². The number of Topliss-reactive ketones (excluding diaryl/α,β-unsaturated/α-hetero) is 1. The second-order valence-electron chi connectivity index (χ2n) is 4.48. The molecule has 2 rings (SSSR count). The number of hydrogen-bond donors (Lipinski definition) is 2. The highest BCUT2D eigenvalue weighted by Crippen LogP contribution is 2.24. The molecule has 0 saturated heterocycles. The summed E-state index contributed by atoms with van der Waals surface area (Å²) in [4.78, 5) is 23.7. The summed E-state index contributed by atoms with van der Waals surface area (Å²) >= 11 is 0. The molecule has 20 heavy (non-hydrogen) atoms. The standard InChI is InChI=1S/C16H15NO3/c17-14(16(19)20)13(11-7-3-1-4-8-11)15(18)12-9-5-2-6-10-12/h1-10,13-14H,17H2,(H,19,20). The molecule has 4 heteroatoms. The van der Waals surface area contributed by atoms with E-state index < -0.39 is 17.9 Å². The molecule has 0 radical (unpaired) electrons. The van der Waals surface area contributed by atoms with E-state index in [4.69, 9.17) is 10.8 Å². The average Bonchev–Trinajstić information content (AvgIpc) is 2.49. The Balaban J connectivity index is 2.42. The number of benzene rings is 2. The van der Waals surface area contributed by atoms with E-state index in [1.54, 1.807) is 60.7 Å². The topological polar surface area (TPSA) is 80.4 Å². The number of ketones is 1. The lowest BCUT2D eigenvalue weighted by Crippen LogP contribution is -2.40. The van der Waals surface area contributed by atoms with Crippen molar-refractivity contribution in [3.63, 3.8) is 0 Å². The Kier molecular flexibility index (Phi) is 4.27. The summed E-state index contributed by atoms with van der Waals surface area (Å²) in [6.45, 7) is 0. The van der Waals surface area contributed by atoms with Crippen molar-refractivity contribution < 1.29 is 14.7 Å². The summed E-state index contributed by atoms with van der Waals surface area (Å²) in [6, 6.07) is 16.1. The summed E-state index contributed by atoms with van der Waals surface area (Å²) in [5, 5.41) is 9.13. The second-order valence-corrected chi connectivity index (χ2v) is 4.48. The fraction of sp³-hybridized carbons (Fsp3) is 0.125. The molecule has 0 bridgehead atoms. The third kappa shape index (κ3) is 2.92. The molecule has 0 fully saturated rings. The Labute approximate surface area is 116 Å². The molecular weight excluding hydrogens is 254 g/mol. The molecule has 2 aromatic carbocycles. The van der Waals surface area contributed by atoms with Crippen LogP contribution in [-0.4, -0.2) is 22.9 Å². The zero-order valence-electron chi connectivity index (χ0n) is 10.8. The van der Waals surface area contributed by atoms with Crippen molar-refractivity contribution in [3.8, 4) is 0 Å². The molecule has 4 nitrogen and oxygen atoms in total. The highest BCUT2D eigenvalue weighted by atomic mass is 16.4. The van der Waals surface area contributed by atoms with Gasteiger partial charge in [0.05, 0.1) is 5.92 Å². The molecule has 0 aliphatic heterocycles. The van der Waals surface area contributed by atoms with Gasteiger partial charge in [-0.25, -0.2) is 0 Å². The van der Waals surface area contributed by atoms with Gasteiger partial charge in [-0.15, -0.1) is 0 Å². The first-order valence-corrected chi connectivity index (χ1v) is 6.24. The minimum Gasteiger partial charge on any atom is -0.480 e. The summed E-state index contributed by atoms with van der Waals surface area (Å²) in [6.07, 6.45) is 0. The van der Waals surface area contributed by atoms with Crippen LogP contribution >= 0.6 is 0 Å². The maximum Gasteiger partial charge on any atom is 0.321 e. The quantitative estimate of drug-likeness (QED) is 0.814. The van der Waals surface area contributed by atoms with E-state index >= 15 is 0 Å². The van der Waals surface area contributed by atoms with Crippen molar-refractivity contribution in [2.75, 3.05) is 0 Å². The number of carboxylic acid groups (broad SMARTS) is 1. The fourth-order valence-corrected chi connectivity index (χ4v) is 2.11. The molecule has 0 amide bonds. The number of carbonyl (C=O) groups is 2. The van der Waals surface area contributed by atoms with Crippen LogP contribution in [0.3, 0.4) is 0 Å². The van der Waals surface area contributed by atoms with Crippen LogP contribution in [0.15, 0.2) is 60.7 Å². The lowest BCUT2D eigenvalue weighted by Gasteiger charge is -2.20. The Bertz CT molecular complexity index is 596. The van der Waals surface area contributed by atoms with E-state index in [9.17, 15) is 9.59 Å². The van der Waals surface area contributed by atoms with Crippen LogP contribution in [-0.2, 0) is 4.79 Å². The average molecular weight is 269 g/mol. The van der Waals surface area contributed by atoms with Crippen molar-refractivity contribution in [1.29, 1.82) is 0 Å². The van der Waals surface area contributed by atoms with Gasteiger partial charge in [0.25, 0.3) is 0 Å². The molecule has 102 valence electrons. The van der Waals surface area contributed by atoms with Gasteiger partial charge in [-0.2, -0.15) is 0 Å². The third-order valence-corrected chi connectivity index (χ3v) is 3.14. The molecule has 0 aliphatic rings. The number of rotatable bonds is 5. The van der Waals surface area contributed by atoms with Crippen LogP contribution in [0.2, 0.25) is 0 Å². The van der Waals surface area contributed by atoms with Crippen molar-refractivity contribution in [2.24, 2.45) is 5.73 Å². The van der Waals surface area contributed by atoms with Crippen LogP contribution in [0.25, 0.3) is 0 Å². The first-order valence-electron chi connectivity index (χ1n) is 6.24. The molecule has 2 aromatic rings. The molecule has 0 aliphatic carbocycles. The van der Waals surface area contributed by atoms with E-state index in [0.29, 0.717) is 11.1 Å². The number of carboxylic acids is 1. The highest BCUT2D eigenvalue weighted by molar-refractivity contribution is 6.03. The Morgan fingerprint density at radius 1 is 0.900 bits per heavy atom. The van der Waals surface area contributed by atoms with Crippen LogP contribution in [0, 0.1) is 0 Å². The molecule has 3 N–H and O–H groups in total. The molecule has 0 aromatic heterocycles. The number of hydrogen-bond acceptors (Lipinski definition) is 3. The molecule has 0 spiro atoms. The molecule has 0 saturated carbocycles. The van der Waals surface area contributed by atoms with Crippen molar-refractivity contribution >= 4 is 11.8 Å². The summed E-state index contributed by atoms with van der Waals surface area (Å²) < 4.78 is 0. The zero-order valence-corrected chi connectivity index (χ0v) is 10.8. The minimum atomic E-state index is -1.27. The van der Waals surface area contributed by atoms with Gasteiger partial charge >= 0.3 is 5.97 Å². The van der Waals surface area contributed by atoms with Crippen LogP contribution in [0.4, 0.5) is 0 Å². The maximum atomic E-state index is 12.5. The predicted octanol–water partition coefficient (Wildman–Crippen LogP) is 2.06. The van der Waals surface area contributed by atoms with Gasteiger partial charge in [0, 0.05) is 5.56 Å². The Hall–Kier alpha value is -2.46. The monoisotopic (exact) mass is 269 g/mol.